The highest BCUT2D eigenvalue weighted by Crippen LogP contribution is 2.42. The fraction of sp³-hybridized carbons (Fsp3) is 0.583. The van der Waals surface area contributed by atoms with E-state index in [-0.39, 0.29) is 19.3 Å². The second-order valence-corrected chi connectivity index (χ2v) is 5.41. The number of anilines is 1. The summed E-state index contributed by atoms with van der Waals surface area (Å²) in [4.78, 5) is 12.3. The van der Waals surface area contributed by atoms with Gasteiger partial charge in [0.2, 0.25) is 0 Å². The summed E-state index contributed by atoms with van der Waals surface area (Å²) in [5.74, 6) is 0.297. The van der Waals surface area contributed by atoms with Crippen LogP contribution in [-0.2, 0) is 9.47 Å². The average molecular weight is 293 g/mol. The van der Waals surface area contributed by atoms with E-state index in [4.69, 9.17) is 15.2 Å². The number of imidazole rings is 1. The zero-order valence-electron chi connectivity index (χ0n) is 11.1. The van der Waals surface area contributed by atoms with Gasteiger partial charge < -0.3 is 25.4 Å². The van der Waals surface area contributed by atoms with E-state index >= 15 is 0 Å². The van der Waals surface area contributed by atoms with Crippen molar-refractivity contribution in [3.63, 3.8) is 0 Å². The fourth-order valence-corrected chi connectivity index (χ4v) is 3.01. The summed E-state index contributed by atoms with van der Waals surface area (Å²) in [5.41, 5.74) is 5.72. The Hall–Kier alpha value is -1.81. The van der Waals surface area contributed by atoms with Gasteiger partial charge in [0, 0.05) is 6.42 Å². The van der Waals surface area contributed by atoms with Gasteiger partial charge in [-0.1, -0.05) is 0 Å². The Labute approximate surface area is 119 Å². The third-order valence-electron chi connectivity index (χ3n) is 4.20. The monoisotopic (exact) mass is 293 g/mol. The molecule has 4 heterocycles. The lowest BCUT2D eigenvalue weighted by atomic mass is 9.92. The van der Waals surface area contributed by atoms with E-state index in [1.807, 2.05) is 0 Å². The van der Waals surface area contributed by atoms with Gasteiger partial charge in [0.15, 0.2) is 11.5 Å². The van der Waals surface area contributed by atoms with E-state index in [1.165, 1.54) is 6.33 Å². The first-order chi connectivity index (χ1) is 10.1. The highest BCUT2D eigenvalue weighted by molar-refractivity contribution is 5.81. The van der Waals surface area contributed by atoms with Crippen molar-refractivity contribution in [3.05, 3.63) is 12.7 Å². The van der Waals surface area contributed by atoms with Gasteiger partial charge in [0.05, 0.1) is 25.6 Å². The summed E-state index contributed by atoms with van der Waals surface area (Å²) in [5, 5.41) is 19.7. The molecular formula is C12H15N5O4. The molecule has 1 unspecified atom stereocenters. The summed E-state index contributed by atoms with van der Waals surface area (Å²) in [7, 11) is 0. The minimum absolute atomic E-state index is 0.162. The number of aromatic nitrogens is 4. The smallest absolute Gasteiger partial charge is 0.167 e. The predicted molar refractivity (Wildman–Crippen MR) is 70.0 cm³/mol. The number of aliphatic hydroxyl groups is 2. The maximum Gasteiger partial charge on any atom is 0.167 e. The third kappa shape index (κ3) is 1.69. The number of rotatable bonds is 2. The van der Waals surface area contributed by atoms with Crippen LogP contribution in [0.2, 0.25) is 0 Å². The number of hydrogen-bond donors (Lipinski definition) is 3. The summed E-state index contributed by atoms with van der Waals surface area (Å²) in [6.07, 6.45) is 1.72. The zero-order valence-corrected chi connectivity index (χ0v) is 11.1. The number of hydrogen-bond acceptors (Lipinski definition) is 8. The minimum Gasteiger partial charge on any atom is -0.393 e. The molecule has 2 saturated heterocycles. The maximum atomic E-state index is 10.2. The van der Waals surface area contributed by atoms with Gasteiger partial charge in [0.25, 0.3) is 0 Å². The van der Waals surface area contributed by atoms with Crippen LogP contribution >= 0.6 is 0 Å². The molecule has 2 aromatic heterocycles. The Kier molecular flexibility index (Phi) is 2.67. The molecule has 0 radical (unpaired) electrons. The molecule has 2 aliphatic heterocycles. The zero-order chi connectivity index (χ0) is 14.6. The molecule has 112 valence electrons. The van der Waals surface area contributed by atoms with Gasteiger partial charge in [0.1, 0.15) is 29.8 Å². The molecule has 0 saturated carbocycles. The molecule has 4 N–H and O–H groups in total. The van der Waals surface area contributed by atoms with Crippen LogP contribution in [0.3, 0.4) is 0 Å². The first kappa shape index (κ1) is 12.9. The normalized spacial score (nSPS) is 35.4. The fourth-order valence-electron chi connectivity index (χ4n) is 3.01. The van der Waals surface area contributed by atoms with Gasteiger partial charge in [-0.05, 0) is 0 Å². The molecule has 9 heteroatoms. The highest BCUT2D eigenvalue weighted by Gasteiger charge is 2.56. The Bertz CT molecular complexity index is 691. The quantitative estimate of drug-likeness (QED) is 0.631. The Morgan fingerprint density at radius 2 is 2.29 bits per heavy atom. The summed E-state index contributed by atoms with van der Waals surface area (Å²) < 4.78 is 13.2. The van der Waals surface area contributed by atoms with E-state index in [9.17, 15) is 10.2 Å². The number of aliphatic hydroxyl groups excluding tert-OH is 2. The molecule has 2 bridgehead atoms. The Morgan fingerprint density at radius 3 is 3.10 bits per heavy atom. The van der Waals surface area contributed by atoms with Crippen molar-refractivity contribution in [3.8, 4) is 0 Å². The molecular weight excluding hydrogens is 278 g/mol. The van der Waals surface area contributed by atoms with Gasteiger partial charge >= 0.3 is 0 Å². The van der Waals surface area contributed by atoms with E-state index < -0.39 is 17.9 Å². The second-order valence-electron chi connectivity index (χ2n) is 5.41. The van der Waals surface area contributed by atoms with Crippen molar-refractivity contribution < 1.29 is 19.7 Å². The van der Waals surface area contributed by atoms with E-state index in [1.54, 1.807) is 10.9 Å². The summed E-state index contributed by atoms with van der Waals surface area (Å²) >= 11 is 0. The molecule has 0 aliphatic carbocycles. The van der Waals surface area contributed by atoms with Crippen molar-refractivity contribution in [2.45, 2.75) is 30.5 Å². The van der Waals surface area contributed by atoms with Crippen molar-refractivity contribution in [1.82, 2.24) is 19.5 Å². The van der Waals surface area contributed by atoms with Gasteiger partial charge in [-0.3, -0.25) is 4.57 Å². The molecule has 0 spiro atoms. The standard InChI is InChI=1S/C12H15N5O4/c13-10-8-11(15-4-14-10)17(5-16-8)7-1-6-9(19)12(2-18,21-7)3-20-6/h4-7,9,18-19H,1-3H2,(H2,13,14,15)/t6?,7-,9-,12-/m0/s1. The predicted octanol–water partition coefficient (Wildman–Crippen LogP) is -1.18. The summed E-state index contributed by atoms with van der Waals surface area (Å²) in [6.45, 7) is -0.152. The van der Waals surface area contributed by atoms with Crippen molar-refractivity contribution in [2.75, 3.05) is 18.9 Å². The molecule has 2 fully saturated rings. The third-order valence-corrected chi connectivity index (χ3v) is 4.20. The van der Waals surface area contributed by atoms with Crippen LogP contribution in [0, 0.1) is 0 Å². The molecule has 21 heavy (non-hydrogen) atoms. The average Bonchev–Trinajstić information content (AvgIpc) is 2.98. The molecule has 4 atom stereocenters. The Morgan fingerprint density at radius 1 is 1.43 bits per heavy atom. The number of ether oxygens (including phenoxy) is 2. The summed E-state index contributed by atoms with van der Waals surface area (Å²) in [6, 6.07) is 0. The van der Waals surface area contributed by atoms with Crippen molar-refractivity contribution >= 4 is 17.0 Å². The van der Waals surface area contributed by atoms with Crippen LogP contribution in [0.1, 0.15) is 12.6 Å². The van der Waals surface area contributed by atoms with Crippen LogP contribution in [0.5, 0.6) is 0 Å². The van der Waals surface area contributed by atoms with Crippen LogP contribution in [0.15, 0.2) is 12.7 Å². The van der Waals surface area contributed by atoms with Crippen LogP contribution in [0.25, 0.3) is 11.2 Å². The van der Waals surface area contributed by atoms with E-state index in [2.05, 4.69) is 15.0 Å². The molecule has 4 rings (SSSR count). The highest BCUT2D eigenvalue weighted by atomic mass is 16.6. The largest absolute Gasteiger partial charge is 0.393 e. The number of nitrogens with two attached hydrogens (primary N) is 1. The minimum atomic E-state index is -1.09. The number of nitrogen functional groups attached to an aromatic ring is 1. The van der Waals surface area contributed by atoms with Gasteiger partial charge in [-0.15, -0.1) is 0 Å². The van der Waals surface area contributed by atoms with Crippen LogP contribution in [0.4, 0.5) is 5.82 Å². The van der Waals surface area contributed by atoms with Gasteiger partial charge in [-0.2, -0.15) is 0 Å². The second kappa shape index (κ2) is 4.34. The lowest BCUT2D eigenvalue weighted by Gasteiger charge is -2.39. The molecule has 2 aliphatic rings. The van der Waals surface area contributed by atoms with E-state index in [0.717, 1.165) is 0 Å². The first-order valence-corrected chi connectivity index (χ1v) is 6.66. The first-order valence-electron chi connectivity index (χ1n) is 6.66. The molecule has 0 aromatic carbocycles. The lowest BCUT2D eigenvalue weighted by Crippen LogP contribution is -2.54. The maximum absolute atomic E-state index is 10.2. The van der Waals surface area contributed by atoms with Crippen molar-refractivity contribution in [2.24, 2.45) is 0 Å². The molecule has 2 aromatic rings. The molecule has 0 amide bonds. The van der Waals surface area contributed by atoms with E-state index in [0.29, 0.717) is 23.4 Å². The molecule has 9 nitrogen and oxygen atoms in total. The van der Waals surface area contributed by atoms with Gasteiger partial charge in [-0.25, -0.2) is 15.0 Å². The lowest BCUT2D eigenvalue weighted by molar-refractivity contribution is -0.206. The SMILES string of the molecule is Nc1ncnc2c1ncn2[C@@H]1CC2OC[C@](CO)(O1)[C@H]2O. The van der Waals surface area contributed by atoms with Crippen LogP contribution < -0.4 is 5.73 Å². The van der Waals surface area contributed by atoms with Crippen molar-refractivity contribution in [1.29, 1.82) is 0 Å². The number of nitrogens with zero attached hydrogens (tertiary/aromatic N) is 4. The van der Waals surface area contributed by atoms with Crippen LogP contribution in [-0.4, -0.2) is 60.8 Å². The number of fused-ring (bicyclic) bond motifs is 3. The Balaban J connectivity index is 1.75. The topological polar surface area (TPSA) is 129 Å².